The quantitative estimate of drug-likeness (QED) is 0.846. The van der Waals surface area contributed by atoms with Gasteiger partial charge in [0.15, 0.2) is 0 Å². The van der Waals surface area contributed by atoms with Crippen molar-refractivity contribution in [2.75, 3.05) is 5.73 Å². The molecule has 2 aromatic carbocycles. The number of rotatable bonds is 3. The second-order valence-electron chi connectivity index (χ2n) is 4.14. The van der Waals surface area contributed by atoms with E-state index in [2.05, 4.69) is 0 Å². The maximum Gasteiger partial charge on any atom is 0.418 e. The van der Waals surface area contributed by atoms with Crippen LogP contribution in [0.25, 0.3) is 0 Å². The number of alkyl halides is 3. The van der Waals surface area contributed by atoms with Gasteiger partial charge in [0.05, 0.1) is 10.6 Å². The molecule has 0 spiro atoms. The minimum atomic E-state index is -4.45. The van der Waals surface area contributed by atoms with Crippen molar-refractivity contribution < 1.29 is 17.9 Å². The third-order valence-corrected chi connectivity index (χ3v) is 2.96. The van der Waals surface area contributed by atoms with Crippen molar-refractivity contribution in [3.63, 3.8) is 0 Å². The highest BCUT2D eigenvalue weighted by atomic mass is 35.5. The van der Waals surface area contributed by atoms with Gasteiger partial charge in [-0.2, -0.15) is 13.2 Å². The Bertz CT molecular complexity index is 614. The van der Waals surface area contributed by atoms with E-state index in [-0.39, 0.29) is 12.3 Å². The van der Waals surface area contributed by atoms with Gasteiger partial charge >= 0.3 is 6.18 Å². The molecule has 2 aromatic rings. The molecule has 0 aliphatic carbocycles. The molecule has 0 aliphatic heterocycles. The van der Waals surface area contributed by atoms with Crippen LogP contribution in [0.15, 0.2) is 42.5 Å². The smallest absolute Gasteiger partial charge is 0.418 e. The number of ether oxygens (including phenoxy) is 1. The number of nitrogen functional groups attached to an aromatic ring is 1. The van der Waals surface area contributed by atoms with Gasteiger partial charge in [0.2, 0.25) is 0 Å². The van der Waals surface area contributed by atoms with Crippen LogP contribution in [-0.2, 0) is 12.8 Å². The summed E-state index contributed by atoms with van der Waals surface area (Å²) < 4.78 is 43.1. The number of halogens is 4. The van der Waals surface area contributed by atoms with Crippen LogP contribution in [0.4, 0.5) is 18.9 Å². The molecule has 0 aromatic heterocycles. The van der Waals surface area contributed by atoms with E-state index in [0.29, 0.717) is 16.3 Å². The number of para-hydroxylation sites is 1. The van der Waals surface area contributed by atoms with E-state index in [9.17, 15) is 13.2 Å². The Morgan fingerprint density at radius 2 is 1.80 bits per heavy atom. The van der Waals surface area contributed by atoms with Gasteiger partial charge in [-0.3, -0.25) is 0 Å². The van der Waals surface area contributed by atoms with E-state index in [0.717, 1.165) is 6.07 Å². The number of benzene rings is 2. The second kappa shape index (κ2) is 5.63. The Morgan fingerprint density at radius 1 is 1.10 bits per heavy atom. The van der Waals surface area contributed by atoms with Crippen molar-refractivity contribution >= 4 is 17.3 Å². The first-order valence-corrected chi connectivity index (χ1v) is 6.08. The van der Waals surface area contributed by atoms with Gasteiger partial charge in [-0.05, 0) is 29.8 Å². The molecule has 2 rings (SSSR count). The van der Waals surface area contributed by atoms with Crippen molar-refractivity contribution in [2.45, 2.75) is 12.8 Å². The third-order valence-electron chi connectivity index (χ3n) is 2.65. The average molecular weight is 302 g/mol. The van der Waals surface area contributed by atoms with Gasteiger partial charge < -0.3 is 10.5 Å². The molecular formula is C14H11ClF3NO. The van der Waals surface area contributed by atoms with Crippen LogP contribution in [0, 0.1) is 0 Å². The predicted molar refractivity (Wildman–Crippen MR) is 71.6 cm³/mol. The van der Waals surface area contributed by atoms with Gasteiger partial charge in [-0.15, -0.1) is 0 Å². The van der Waals surface area contributed by atoms with Crippen LogP contribution in [0.3, 0.4) is 0 Å². The first-order valence-electron chi connectivity index (χ1n) is 5.71. The summed E-state index contributed by atoms with van der Waals surface area (Å²) in [6.07, 6.45) is -4.45. The molecular weight excluding hydrogens is 291 g/mol. The average Bonchev–Trinajstić information content (AvgIpc) is 2.36. The molecule has 20 heavy (non-hydrogen) atoms. The molecule has 0 aliphatic rings. The van der Waals surface area contributed by atoms with Crippen molar-refractivity contribution in [1.82, 2.24) is 0 Å². The molecule has 6 heteroatoms. The van der Waals surface area contributed by atoms with E-state index in [1.165, 1.54) is 12.1 Å². The highest BCUT2D eigenvalue weighted by molar-refractivity contribution is 6.32. The number of hydrogen-bond donors (Lipinski definition) is 1. The summed E-state index contributed by atoms with van der Waals surface area (Å²) in [5.41, 5.74) is 4.77. The molecule has 106 valence electrons. The van der Waals surface area contributed by atoms with Crippen molar-refractivity contribution in [3.8, 4) is 5.75 Å². The van der Waals surface area contributed by atoms with Gasteiger partial charge in [-0.25, -0.2) is 0 Å². The lowest BCUT2D eigenvalue weighted by atomic mass is 10.1. The van der Waals surface area contributed by atoms with E-state index >= 15 is 0 Å². The number of hydrogen-bond acceptors (Lipinski definition) is 2. The fourth-order valence-electron chi connectivity index (χ4n) is 1.68. The molecule has 0 radical (unpaired) electrons. The predicted octanol–water partition coefficient (Wildman–Crippen LogP) is 4.52. The van der Waals surface area contributed by atoms with Crippen LogP contribution in [0.1, 0.15) is 11.1 Å². The van der Waals surface area contributed by atoms with Crippen LogP contribution in [0.2, 0.25) is 5.02 Å². The Kier molecular flexibility index (Phi) is 4.09. The Hall–Kier alpha value is -1.88. The van der Waals surface area contributed by atoms with Gasteiger partial charge in [0.1, 0.15) is 12.4 Å². The normalized spacial score (nSPS) is 11.4. The Labute approximate surface area is 118 Å². The molecule has 0 saturated carbocycles. The molecule has 0 unspecified atom stereocenters. The van der Waals surface area contributed by atoms with Crippen LogP contribution >= 0.6 is 11.6 Å². The molecule has 2 nitrogen and oxygen atoms in total. The van der Waals surface area contributed by atoms with Gasteiger partial charge in [0.25, 0.3) is 0 Å². The van der Waals surface area contributed by atoms with Crippen molar-refractivity contribution in [2.24, 2.45) is 0 Å². The topological polar surface area (TPSA) is 35.2 Å². The van der Waals surface area contributed by atoms with Gasteiger partial charge in [0, 0.05) is 5.69 Å². The summed E-state index contributed by atoms with van der Waals surface area (Å²) in [5.74, 6) is 0.465. The van der Waals surface area contributed by atoms with E-state index < -0.39 is 11.7 Å². The molecule has 2 N–H and O–H groups in total. The van der Waals surface area contributed by atoms with Crippen LogP contribution < -0.4 is 10.5 Å². The minimum absolute atomic E-state index is 0.0894. The monoisotopic (exact) mass is 301 g/mol. The largest absolute Gasteiger partial charge is 0.487 e. The number of nitrogens with two attached hydrogens (primary N) is 1. The fourth-order valence-corrected chi connectivity index (χ4v) is 1.87. The van der Waals surface area contributed by atoms with Crippen molar-refractivity contribution in [3.05, 3.63) is 58.6 Å². The summed E-state index contributed by atoms with van der Waals surface area (Å²) in [7, 11) is 0. The first kappa shape index (κ1) is 14.5. The highest BCUT2D eigenvalue weighted by Gasteiger charge is 2.32. The Morgan fingerprint density at radius 3 is 2.40 bits per heavy atom. The minimum Gasteiger partial charge on any atom is -0.487 e. The lowest BCUT2D eigenvalue weighted by Crippen LogP contribution is -2.09. The zero-order valence-corrected chi connectivity index (χ0v) is 11.0. The molecule has 0 heterocycles. The van der Waals surface area contributed by atoms with Crippen LogP contribution in [0.5, 0.6) is 5.75 Å². The lowest BCUT2D eigenvalue weighted by Gasteiger charge is -2.12. The molecule has 0 amide bonds. The van der Waals surface area contributed by atoms with E-state index in [1.807, 2.05) is 0 Å². The summed E-state index contributed by atoms with van der Waals surface area (Å²) >= 11 is 5.91. The summed E-state index contributed by atoms with van der Waals surface area (Å²) in [4.78, 5) is 0. The zero-order valence-electron chi connectivity index (χ0n) is 10.2. The highest BCUT2D eigenvalue weighted by Crippen LogP contribution is 2.34. The third kappa shape index (κ3) is 3.36. The Balaban J connectivity index is 2.12. The fraction of sp³-hybridized carbons (Fsp3) is 0.143. The molecule has 0 saturated heterocycles. The zero-order chi connectivity index (χ0) is 14.8. The molecule has 0 bridgehead atoms. The van der Waals surface area contributed by atoms with Crippen molar-refractivity contribution in [1.29, 1.82) is 0 Å². The summed E-state index contributed by atoms with van der Waals surface area (Å²) in [6, 6.07) is 10.4. The maximum absolute atomic E-state index is 12.6. The number of anilines is 1. The molecule has 0 fully saturated rings. The molecule has 0 atom stereocenters. The standard InChI is InChI=1S/C14H11ClF3NO/c15-11-3-1-2-4-13(11)20-8-9-5-6-10(12(19)7-9)14(16,17)18/h1-7H,8,19H2. The summed E-state index contributed by atoms with van der Waals surface area (Å²) in [5, 5.41) is 0.437. The van der Waals surface area contributed by atoms with Gasteiger partial charge in [-0.1, -0.05) is 29.8 Å². The summed E-state index contributed by atoms with van der Waals surface area (Å²) in [6.45, 7) is 0.0894. The van der Waals surface area contributed by atoms with E-state index in [1.54, 1.807) is 24.3 Å². The SMILES string of the molecule is Nc1cc(COc2ccccc2Cl)ccc1C(F)(F)F. The second-order valence-corrected chi connectivity index (χ2v) is 4.55. The van der Waals surface area contributed by atoms with Crippen LogP contribution in [-0.4, -0.2) is 0 Å². The maximum atomic E-state index is 12.6. The first-order chi connectivity index (χ1) is 9.38. The lowest BCUT2D eigenvalue weighted by molar-refractivity contribution is -0.136. The van der Waals surface area contributed by atoms with E-state index in [4.69, 9.17) is 22.1 Å².